The van der Waals surface area contributed by atoms with Crippen LogP contribution in [0.25, 0.3) is 0 Å². The van der Waals surface area contributed by atoms with Crippen LogP contribution in [-0.2, 0) is 14.8 Å². The topological polar surface area (TPSA) is 122 Å². The molecule has 1 heterocycles. The Bertz CT molecular complexity index is 776. The highest BCUT2D eigenvalue weighted by molar-refractivity contribution is 7.89. The minimum atomic E-state index is -3.97. The highest BCUT2D eigenvalue weighted by atomic mass is 35.5. The lowest BCUT2D eigenvalue weighted by atomic mass is 10.2. The minimum absolute atomic E-state index is 0. The molecule has 0 atom stereocenters. The normalized spacial score (nSPS) is 15.7. The Labute approximate surface area is 155 Å². The number of halogens is 3. The molecule has 1 fully saturated rings. The van der Waals surface area contributed by atoms with E-state index in [4.69, 9.17) is 5.73 Å². The molecule has 146 valence electrons. The number of nitrogens with zero attached hydrogens (tertiary/aromatic N) is 1. The summed E-state index contributed by atoms with van der Waals surface area (Å²) in [5.41, 5.74) is 4.80. The molecule has 0 aliphatic carbocycles. The number of sulfonamides is 1. The van der Waals surface area contributed by atoms with Gasteiger partial charge in [-0.25, -0.2) is 17.2 Å². The van der Waals surface area contributed by atoms with Crippen LogP contribution in [0.3, 0.4) is 0 Å². The maximum absolute atomic E-state index is 13.1. The molecule has 12 heteroatoms. The second kappa shape index (κ2) is 8.71. The molecule has 2 rings (SSSR count). The quantitative estimate of drug-likeness (QED) is 0.584. The van der Waals surface area contributed by atoms with Crippen molar-refractivity contribution in [2.24, 2.45) is 5.73 Å². The zero-order chi connectivity index (χ0) is 18.7. The van der Waals surface area contributed by atoms with Crippen LogP contribution in [0.15, 0.2) is 29.2 Å². The zero-order valence-electron chi connectivity index (χ0n) is 13.6. The smallest absolute Gasteiger partial charge is 0.277 e. The van der Waals surface area contributed by atoms with Crippen molar-refractivity contribution in [1.82, 2.24) is 14.9 Å². The fourth-order valence-electron chi connectivity index (χ4n) is 2.15. The number of hydrogen-bond acceptors (Lipinski definition) is 5. The molecule has 0 bridgehead atoms. The van der Waals surface area contributed by atoms with Crippen LogP contribution in [0.2, 0.25) is 0 Å². The van der Waals surface area contributed by atoms with E-state index in [1.54, 1.807) is 0 Å². The molecule has 4 N–H and O–H groups in total. The predicted octanol–water partition coefficient (Wildman–Crippen LogP) is -0.447. The molecule has 1 aromatic rings. The summed E-state index contributed by atoms with van der Waals surface area (Å²) >= 11 is 0. The summed E-state index contributed by atoms with van der Waals surface area (Å²) in [5, 5.41) is 4.53. The van der Waals surface area contributed by atoms with Crippen LogP contribution in [0, 0.1) is 0 Å². The standard InChI is InChI=1S/C14H18F2N4O4S.ClH/c15-14(16,8-17)9-19-13(22)10-2-1-3-11(6-10)25(23,24)20-5-4-18-12(21)7-20;/h1-3,6H,4-5,7-9,17H2,(H,18,21)(H,19,22);1H. The van der Waals surface area contributed by atoms with E-state index in [1.165, 1.54) is 18.2 Å². The van der Waals surface area contributed by atoms with Crippen molar-refractivity contribution < 1.29 is 26.8 Å². The first-order chi connectivity index (χ1) is 11.7. The summed E-state index contributed by atoms with van der Waals surface area (Å²) in [7, 11) is -3.97. The Morgan fingerprint density at radius 1 is 1.38 bits per heavy atom. The highest BCUT2D eigenvalue weighted by Crippen LogP contribution is 2.18. The third-order valence-corrected chi connectivity index (χ3v) is 5.38. The molecule has 26 heavy (non-hydrogen) atoms. The van der Waals surface area contributed by atoms with Gasteiger partial charge in [-0.05, 0) is 18.2 Å². The third kappa shape index (κ3) is 5.34. The Balaban J connectivity index is 0.00000338. The average Bonchev–Trinajstić information content (AvgIpc) is 2.60. The molecule has 0 spiro atoms. The lowest BCUT2D eigenvalue weighted by molar-refractivity contribution is -0.122. The van der Waals surface area contributed by atoms with Gasteiger partial charge in [0.05, 0.1) is 24.5 Å². The molecule has 1 aromatic carbocycles. The van der Waals surface area contributed by atoms with Crippen LogP contribution >= 0.6 is 12.4 Å². The van der Waals surface area contributed by atoms with Gasteiger partial charge in [-0.3, -0.25) is 9.59 Å². The van der Waals surface area contributed by atoms with Gasteiger partial charge in [0.25, 0.3) is 11.8 Å². The molecule has 0 aromatic heterocycles. The molecule has 8 nitrogen and oxygen atoms in total. The van der Waals surface area contributed by atoms with Crippen molar-refractivity contribution in [2.75, 3.05) is 32.7 Å². The third-order valence-electron chi connectivity index (χ3n) is 3.54. The lowest BCUT2D eigenvalue weighted by Crippen LogP contribution is -2.49. The van der Waals surface area contributed by atoms with Crippen molar-refractivity contribution >= 4 is 34.2 Å². The molecule has 0 radical (unpaired) electrons. The van der Waals surface area contributed by atoms with Crippen molar-refractivity contribution in [2.45, 2.75) is 10.8 Å². The van der Waals surface area contributed by atoms with Crippen LogP contribution in [-0.4, -0.2) is 63.2 Å². The summed E-state index contributed by atoms with van der Waals surface area (Å²) in [6.07, 6.45) is 0. The number of alkyl halides is 2. The van der Waals surface area contributed by atoms with Crippen LogP contribution in [0.4, 0.5) is 8.78 Å². The number of nitrogens with two attached hydrogens (primary N) is 1. The van der Waals surface area contributed by atoms with E-state index < -0.39 is 40.8 Å². The summed E-state index contributed by atoms with van der Waals surface area (Å²) in [5.74, 6) is -4.52. The van der Waals surface area contributed by atoms with Gasteiger partial charge >= 0.3 is 0 Å². The Hall–Kier alpha value is -1.82. The summed E-state index contributed by atoms with van der Waals surface area (Å²) in [4.78, 5) is 23.1. The number of amides is 2. The SMILES string of the molecule is Cl.NCC(F)(F)CNC(=O)c1cccc(S(=O)(=O)N2CCNC(=O)C2)c1. The lowest BCUT2D eigenvalue weighted by Gasteiger charge is -2.26. The van der Waals surface area contributed by atoms with E-state index in [9.17, 15) is 26.8 Å². The van der Waals surface area contributed by atoms with Crippen molar-refractivity contribution in [3.63, 3.8) is 0 Å². The van der Waals surface area contributed by atoms with Crippen LogP contribution in [0.1, 0.15) is 10.4 Å². The first-order valence-electron chi connectivity index (χ1n) is 7.39. The molecule has 1 saturated heterocycles. The second-order valence-corrected chi connectivity index (χ2v) is 7.40. The monoisotopic (exact) mass is 412 g/mol. The number of carbonyl (C=O) groups excluding carboxylic acids is 2. The van der Waals surface area contributed by atoms with E-state index in [0.717, 1.165) is 10.4 Å². The Kier molecular flexibility index (Phi) is 7.45. The van der Waals surface area contributed by atoms with Gasteiger partial charge in [0.15, 0.2) is 0 Å². The molecule has 1 aliphatic rings. The maximum Gasteiger partial charge on any atom is 0.277 e. The van der Waals surface area contributed by atoms with Gasteiger partial charge in [-0.15, -0.1) is 12.4 Å². The number of nitrogens with one attached hydrogen (secondary N) is 2. The number of carbonyl (C=O) groups is 2. The molecule has 0 unspecified atom stereocenters. The van der Waals surface area contributed by atoms with Gasteiger partial charge in [0, 0.05) is 18.7 Å². The van der Waals surface area contributed by atoms with Gasteiger partial charge in [0.2, 0.25) is 15.9 Å². The van der Waals surface area contributed by atoms with Crippen molar-refractivity contribution in [1.29, 1.82) is 0 Å². The van der Waals surface area contributed by atoms with Crippen LogP contribution in [0.5, 0.6) is 0 Å². The van der Waals surface area contributed by atoms with E-state index in [1.807, 2.05) is 5.32 Å². The molecular formula is C14H19ClF2N4O4S. The summed E-state index contributed by atoms with van der Waals surface area (Å²) < 4.78 is 52.3. The second-order valence-electron chi connectivity index (χ2n) is 5.46. The molecule has 0 saturated carbocycles. The Morgan fingerprint density at radius 2 is 2.08 bits per heavy atom. The fraction of sp³-hybridized carbons (Fsp3) is 0.429. The van der Waals surface area contributed by atoms with E-state index in [-0.39, 0.29) is 42.5 Å². The first-order valence-corrected chi connectivity index (χ1v) is 8.83. The predicted molar refractivity (Wildman–Crippen MR) is 91.8 cm³/mol. The van der Waals surface area contributed by atoms with Gasteiger partial charge < -0.3 is 16.4 Å². The molecular weight excluding hydrogens is 394 g/mol. The maximum atomic E-state index is 13.1. The van der Waals surface area contributed by atoms with Crippen molar-refractivity contribution in [3.05, 3.63) is 29.8 Å². The van der Waals surface area contributed by atoms with E-state index in [0.29, 0.717) is 0 Å². The number of piperazine rings is 1. The minimum Gasteiger partial charge on any atom is -0.354 e. The first kappa shape index (κ1) is 22.2. The van der Waals surface area contributed by atoms with Gasteiger partial charge in [-0.1, -0.05) is 6.07 Å². The van der Waals surface area contributed by atoms with Crippen LogP contribution < -0.4 is 16.4 Å². The Morgan fingerprint density at radius 3 is 2.69 bits per heavy atom. The van der Waals surface area contributed by atoms with E-state index >= 15 is 0 Å². The summed E-state index contributed by atoms with van der Waals surface area (Å²) in [6, 6.07) is 4.98. The summed E-state index contributed by atoms with van der Waals surface area (Å²) in [6.45, 7) is -1.90. The fourth-order valence-corrected chi connectivity index (χ4v) is 3.59. The molecule has 2 amide bonds. The van der Waals surface area contributed by atoms with Gasteiger partial charge in [-0.2, -0.15) is 4.31 Å². The number of rotatable bonds is 6. The van der Waals surface area contributed by atoms with Crippen molar-refractivity contribution in [3.8, 4) is 0 Å². The largest absolute Gasteiger partial charge is 0.354 e. The number of hydrogen-bond donors (Lipinski definition) is 3. The average molecular weight is 413 g/mol. The van der Waals surface area contributed by atoms with E-state index in [2.05, 4.69) is 5.32 Å². The highest BCUT2D eigenvalue weighted by Gasteiger charge is 2.30. The zero-order valence-corrected chi connectivity index (χ0v) is 15.2. The molecule has 1 aliphatic heterocycles. The number of benzene rings is 1. The van der Waals surface area contributed by atoms with Gasteiger partial charge in [0.1, 0.15) is 0 Å².